The molecule has 2 fully saturated rings. The van der Waals surface area contributed by atoms with Gasteiger partial charge in [0, 0.05) is 12.5 Å². The number of hydrogen-bond donors (Lipinski definition) is 1. The number of ether oxygens (including phenoxy) is 5. The summed E-state index contributed by atoms with van der Waals surface area (Å²) in [5.41, 5.74) is 1.67. The van der Waals surface area contributed by atoms with E-state index in [0.29, 0.717) is 0 Å². The van der Waals surface area contributed by atoms with Crippen molar-refractivity contribution in [3.8, 4) is 0 Å². The Bertz CT molecular complexity index is 1110. The van der Waals surface area contributed by atoms with Gasteiger partial charge in [-0.3, -0.25) is 4.79 Å². The third-order valence-electron chi connectivity index (χ3n) is 7.43. The number of nitrogens with one attached hydrogen (secondary N) is 1. The van der Waals surface area contributed by atoms with E-state index in [1.165, 1.54) is 6.92 Å². The molecule has 2 aromatic carbocycles. The molecule has 39 heavy (non-hydrogen) atoms. The van der Waals surface area contributed by atoms with Gasteiger partial charge in [-0.1, -0.05) is 81.4 Å². The molecule has 0 saturated carbocycles. The van der Waals surface area contributed by atoms with Crippen molar-refractivity contribution in [3.05, 3.63) is 71.8 Å². The molecule has 1 amide bonds. The van der Waals surface area contributed by atoms with Crippen LogP contribution in [0.4, 0.5) is 4.79 Å². The molecule has 1 N–H and O–H groups in total. The van der Waals surface area contributed by atoms with Gasteiger partial charge < -0.3 is 33.4 Å². The number of amides is 1. The summed E-state index contributed by atoms with van der Waals surface area (Å²) in [6, 6.07) is 18.0. The van der Waals surface area contributed by atoms with Crippen LogP contribution in [0.1, 0.15) is 45.1 Å². The molecule has 10 heteroatoms. The molecule has 4 unspecified atom stereocenters. The first-order chi connectivity index (χ1) is 18.4. The van der Waals surface area contributed by atoms with Crippen LogP contribution in [0, 0.1) is 0 Å². The number of rotatable bonds is 7. The van der Waals surface area contributed by atoms with E-state index in [0.717, 1.165) is 11.1 Å². The highest BCUT2D eigenvalue weighted by molar-refractivity contribution is 6.74. The maximum atomic E-state index is 13.0. The maximum Gasteiger partial charge on any atom is 0.407 e. The van der Waals surface area contributed by atoms with Crippen LogP contribution in [0.25, 0.3) is 0 Å². The summed E-state index contributed by atoms with van der Waals surface area (Å²) in [6.07, 6.45) is -4.48. The molecule has 2 aliphatic heterocycles. The number of carbonyl (C=O) groups is 2. The van der Waals surface area contributed by atoms with Crippen molar-refractivity contribution in [1.82, 2.24) is 5.32 Å². The third-order valence-corrected chi connectivity index (χ3v) is 11.9. The molecule has 2 aliphatic rings. The van der Waals surface area contributed by atoms with Crippen LogP contribution in [0.2, 0.25) is 18.1 Å². The first-order valence-corrected chi connectivity index (χ1v) is 16.1. The third kappa shape index (κ3) is 7.26. The quantitative estimate of drug-likeness (QED) is 0.372. The SMILES string of the molecule is CC(=O)OC1C(NC(=O)OCc2ccccc2)[C@H](O[Si](C)(C)C(C)(C)C)OC2COC(c3ccccc3)O[C@H]21. The molecule has 0 radical (unpaired) electrons. The highest BCUT2D eigenvalue weighted by Gasteiger charge is 2.55. The zero-order valence-electron chi connectivity index (χ0n) is 23.4. The van der Waals surface area contributed by atoms with E-state index in [1.807, 2.05) is 60.7 Å². The number of hydrogen-bond acceptors (Lipinski definition) is 8. The molecule has 0 spiro atoms. The maximum absolute atomic E-state index is 13.0. The average Bonchev–Trinajstić information content (AvgIpc) is 2.89. The molecule has 2 aromatic rings. The number of alkyl carbamates (subject to hydrolysis) is 1. The second-order valence-corrected chi connectivity index (χ2v) is 16.2. The Morgan fingerprint density at radius 1 is 1.00 bits per heavy atom. The minimum absolute atomic E-state index is 0.0821. The van der Waals surface area contributed by atoms with Crippen LogP contribution in [0.15, 0.2) is 60.7 Å². The van der Waals surface area contributed by atoms with Gasteiger partial charge in [0.15, 0.2) is 27.0 Å². The van der Waals surface area contributed by atoms with Gasteiger partial charge in [0.05, 0.1) is 6.61 Å². The average molecular weight is 558 g/mol. The molecule has 6 atom stereocenters. The van der Waals surface area contributed by atoms with Gasteiger partial charge in [0.2, 0.25) is 0 Å². The number of fused-ring (bicyclic) bond motifs is 1. The van der Waals surface area contributed by atoms with Crippen LogP contribution >= 0.6 is 0 Å². The zero-order chi connectivity index (χ0) is 28.2. The molecule has 0 aliphatic carbocycles. The fourth-order valence-electron chi connectivity index (χ4n) is 4.30. The van der Waals surface area contributed by atoms with Crippen molar-refractivity contribution in [2.45, 2.75) is 89.4 Å². The van der Waals surface area contributed by atoms with Crippen molar-refractivity contribution in [2.24, 2.45) is 0 Å². The van der Waals surface area contributed by atoms with Crippen molar-refractivity contribution in [3.63, 3.8) is 0 Å². The molecule has 2 heterocycles. The van der Waals surface area contributed by atoms with Crippen LogP contribution in [-0.2, 0) is 39.5 Å². The van der Waals surface area contributed by atoms with Gasteiger partial charge in [-0.05, 0) is 23.7 Å². The van der Waals surface area contributed by atoms with E-state index in [2.05, 4.69) is 39.2 Å². The van der Waals surface area contributed by atoms with Crippen molar-refractivity contribution < 1.29 is 37.7 Å². The van der Waals surface area contributed by atoms with Crippen LogP contribution in [0.5, 0.6) is 0 Å². The summed E-state index contributed by atoms with van der Waals surface area (Å²) < 4.78 is 36.7. The predicted octanol–water partition coefficient (Wildman–Crippen LogP) is 5.07. The standard InChI is InChI=1S/C29H39NO8Si/c1-19(31)35-25-23(30-28(32)34-17-20-13-9-7-10-14-20)27(38-39(5,6)29(2,3)4)36-22-18-33-26(37-24(22)25)21-15-11-8-12-16-21/h7-16,22-27H,17-18H2,1-6H3,(H,30,32)/t22?,23?,24-,25?,26?,27+/m1/s1. The fraction of sp³-hybridized carbons (Fsp3) is 0.517. The molecular weight excluding hydrogens is 518 g/mol. The second kappa shape index (κ2) is 12.2. The Balaban J connectivity index is 1.60. The minimum atomic E-state index is -2.39. The topological polar surface area (TPSA) is 102 Å². The Kier molecular flexibility index (Phi) is 9.13. The monoisotopic (exact) mass is 557 g/mol. The lowest BCUT2D eigenvalue weighted by molar-refractivity contribution is -0.336. The van der Waals surface area contributed by atoms with Gasteiger partial charge in [0.1, 0.15) is 24.9 Å². The smallest absolute Gasteiger partial charge is 0.407 e. The summed E-state index contributed by atoms with van der Waals surface area (Å²) in [6.45, 7) is 12.1. The lowest BCUT2D eigenvalue weighted by atomic mass is 9.95. The number of carbonyl (C=O) groups excluding carboxylic acids is 2. The summed E-state index contributed by atoms with van der Waals surface area (Å²) in [4.78, 5) is 25.3. The van der Waals surface area contributed by atoms with E-state index >= 15 is 0 Å². The fourth-order valence-corrected chi connectivity index (χ4v) is 5.44. The van der Waals surface area contributed by atoms with Crippen molar-refractivity contribution in [2.75, 3.05) is 6.61 Å². The van der Waals surface area contributed by atoms with E-state index in [-0.39, 0.29) is 18.3 Å². The Hall–Kier alpha value is -2.76. The Morgan fingerprint density at radius 2 is 1.64 bits per heavy atom. The lowest BCUT2D eigenvalue weighted by Gasteiger charge is -2.51. The van der Waals surface area contributed by atoms with Gasteiger partial charge in [-0.25, -0.2) is 4.79 Å². The summed E-state index contributed by atoms with van der Waals surface area (Å²) in [5, 5.41) is 2.73. The highest BCUT2D eigenvalue weighted by Crippen LogP contribution is 2.41. The largest absolute Gasteiger partial charge is 0.457 e. The molecule has 0 bridgehead atoms. The molecule has 2 saturated heterocycles. The number of benzene rings is 2. The Labute approximate surface area is 231 Å². The highest BCUT2D eigenvalue weighted by atomic mass is 28.4. The molecular formula is C29H39NO8Si. The van der Waals surface area contributed by atoms with E-state index < -0.39 is 57.3 Å². The molecule has 0 aromatic heterocycles. The normalized spacial score (nSPS) is 27.2. The van der Waals surface area contributed by atoms with E-state index in [4.69, 9.17) is 28.1 Å². The minimum Gasteiger partial charge on any atom is -0.457 e. The van der Waals surface area contributed by atoms with Crippen molar-refractivity contribution >= 4 is 20.4 Å². The van der Waals surface area contributed by atoms with Crippen LogP contribution in [0.3, 0.4) is 0 Å². The summed E-state index contributed by atoms with van der Waals surface area (Å²) >= 11 is 0. The first kappa shape index (κ1) is 29.2. The summed E-state index contributed by atoms with van der Waals surface area (Å²) in [7, 11) is -2.39. The Morgan fingerprint density at radius 3 is 2.26 bits per heavy atom. The zero-order valence-corrected chi connectivity index (χ0v) is 24.4. The van der Waals surface area contributed by atoms with Gasteiger partial charge in [0.25, 0.3) is 0 Å². The molecule has 212 valence electrons. The van der Waals surface area contributed by atoms with Crippen LogP contribution < -0.4 is 5.32 Å². The van der Waals surface area contributed by atoms with Crippen LogP contribution in [-0.4, -0.2) is 57.6 Å². The van der Waals surface area contributed by atoms with Gasteiger partial charge in [-0.15, -0.1) is 0 Å². The van der Waals surface area contributed by atoms with E-state index in [9.17, 15) is 9.59 Å². The first-order valence-electron chi connectivity index (χ1n) is 13.2. The molecule has 4 rings (SSSR count). The molecule has 9 nitrogen and oxygen atoms in total. The lowest BCUT2D eigenvalue weighted by Crippen LogP contribution is -2.69. The second-order valence-electron chi connectivity index (χ2n) is 11.4. The number of esters is 1. The summed E-state index contributed by atoms with van der Waals surface area (Å²) in [5.74, 6) is -0.512. The van der Waals surface area contributed by atoms with Gasteiger partial charge in [-0.2, -0.15) is 0 Å². The van der Waals surface area contributed by atoms with Crippen molar-refractivity contribution in [1.29, 1.82) is 0 Å². The predicted molar refractivity (Wildman–Crippen MR) is 146 cm³/mol. The van der Waals surface area contributed by atoms with Gasteiger partial charge >= 0.3 is 12.1 Å². The van der Waals surface area contributed by atoms with E-state index in [1.54, 1.807) is 0 Å².